The number of hydrogen-bond acceptors (Lipinski definition) is 3. The van der Waals surface area contributed by atoms with Crippen molar-refractivity contribution in [1.82, 2.24) is 15.5 Å². The van der Waals surface area contributed by atoms with Crippen molar-refractivity contribution in [2.45, 2.75) is 51.7 Å². The summed E-state index contributed by atoms with van der Waals surface area (Å²) in [6.45, 7) is 6.25. The van der Waals surface area contributed by atoms with E-state index in [9.17, 15) is 14.4 Å². The first-order chi connectivity index (χ1) is 12.7. The molecule has 3 N–H and O–H groups in total. The highest BCUT2D eigenvalue weighted by Crippen LogP contribution is 2.25. The minimum atomic E-state index is -0.515. The third-order valence-corrected chi connectivity index (χ3v) is 5.23. The maximum atomic E-state index is 12.7. The van der Waals surface area contributed by atoms with Crippen molar-refractivity contribution in [2.75, 3.05) is 11.9 Å². The molecule has 0 unspecified atom stereocenters. The zero-order chi connectivity index (χ0) is 19.7. The van der Waals surface area contributed by atoms with E-state index in [-0.39, 0.29) is 23.9 Å². The SMILES string of the molecule is Cc1ccc(Cl)cc1NC(=O)N[C@H]1C[C@H]2C(=O)N[C@H](CC(C)C)C(=O)N2C1. The van der Waals surface area contributed by atoms with Crippen molar-refractivity contribution in [3.63, 3.8) is 0 Å². The summed E-state index contributed by atoms with van der Waals surface area (Å²) in [4.78, 5) is 39.0. The van der Waals surface area contributed by atoms with Crippen LogP contribution in [0.25, 0.3) is 0 Å². The van der Waals surface area contributed by atoms with Crippen LogP contribution in [0.5, 0.6) is 0 Å². The van der Waals surface area contributed by atoms with E-state index in [4.69, 9.17) is 11.6 Å². The molecule has 0 spiro atoms. The van der Waals surface area contributed by atoms with E-state index in [0.29, 0.717) is 36.0 Å². The number of urea groups is 1. The average Bonchev–Trinajstić information content (AvgIpc) is 3.00. The van der Waals surface area contributed by atoms with Crippen LogP contribution in [0.1, 0.15) is 32.3 Å². The van der Waals surface area contributed by atoms with E-state index in [0.717, 1.165) is 5.56 Å². The normalized spacial score (nSPS) is 24.6. The molecule has 3 atom stereocenters. The first-order valence-electron chi connectivity index (χ1n) is 9.19. The van der Waals surface area contributed by atoms with Crippen LogP contribution in [0, 0.1) is 12.8 Å². The van der Waals surface area contributed by atoms with Crippen LogP contribution in [0.4, 0.5) is 10.5 Å². The first-order valence-corrected chi connectivity index (χ1v) is 9.57. The van der Waals surface area contributed by atoms with Crippen LogP contribution in [0.2, 0.25) is 5.02 Å². The number of aryl methyl sites for hydroxylation is 1. The molecule has 0 aromatic heterocycles. The Hall–Kier alpha value is -2.28. The lowest BCUT2D eigenvalue weighted by Gasteiger charge is -2.35. The van der Waals surface area contributed by atoms with Gasteiger partial charge in [-0.25, -0.2) is 4.79 Å². The lowest BCUT2D eigenvalue weighted by molar-refractivity contribution is -0.147. The molecule has 0 aliphatic carbocycles. The fourth-order valence-corrected chi connectivity index (χ4v) is 3.84. The van der Waals surface area contributed by atoms with Gasteiger partial charge in [-0.05, 0) is 43.4 Å². The Balaban J connectivity index is 1.62. The third kappa shape index (κ3) is 4.35. The van der Waals surface area contributed by atoms with Crippen LogP contribution in [-0.4, -0.2) is 47.4 Å². The minimum Gasteiger partial charge on any atom is -0.342 e. The van der Waals surface area contributed by atoms with E-state index in [2.05, 4.69) is 16.0 Å². The second-order valence-corrected chi connectivity index (χ2v) is 8.12. The van der Waals surface area contributed by atoms with Gasteiger partial charge in [0, 0.05) is 17.3 Å². The fraction of sp³-hybridized carbons (Fsp3) is 0.526. The molecule has 2 heterocycles. The van der Waals surface area contributed by atoms with Gasteiger partial charge in [-0.15, -0.1) is 0 Å². The van der Waals surface area contributed by atoms with E-state index < -0.39 is 12.1 Å². The van der Waals surface area contributed by atoms with Crippen LogP contribution < -0.4 is 16.0 Å². The maximum absolute atomic E-state index is 12.7. The number of nitrogens with one attached hydrogen (secondary N) is 3. The van der Waals surface area contributed by atoms with Crippen molar-refractivity contribution in [3.8, 4) is 0 Å². The Morgan fingerprint density at radius 1 is 1.37 bits per heavy atom. The molecule has 0 radical (unpaired) electrons. The predicted molar refractivity (Wildman–Crippen MR) is 104 cm³/mol. The fourth-order valence-electron chi connectivity index (χ4n) is 3.67. The van der Waals surface area contributed by atoms with Gasteiger partial charge in [-0.1, -0.05) is 31.5 Å². The molecule has 2 aliphatic heterocycles. The van der Waals surface area contributed by atoms with Crippen LogP contribution in [0.3, 0.4) is 0 Å². The lowest BCUT2D eigenvalue weighted by atomic mass is 9.99. The Kier molecular flexibility index (Phi) is 5.60. The Morgan fingerprint density at radius 3 is 2.81 bits per heavy atom. The summed E-state index contributed by atoms with van der Waals surface area (Å²) in [6, 6.07) is 3.62. The Labute approximate surface area is 163 Å². The summed E-state index contributed by atoms with van der Waals surface area (Å²) in [5.74, 6) is 0.0957. The van der Waals surface area contributed by atoms with Gasteiger partial charge < -0.3 is 20.9 Å². The Bertz CT molecular complexity index is 767. The number of fused-ring (bicyclic) bond motifs is 1. The molecule has 2 aliphatic rings. The van der Waals surface area contributed by atoms with Crippen molar-refractivity contribution >= 4 is 35.1 Å². The largest absolute Gasteiger partial charge is 0.342 e. The van der Waals surface area contributed by atoms with Crippen LogP contribution in [0.15, 0.2) is 18.2 Å². The molecule has 2 fully saturated rings. The molecule has 4 amide bonds. The van der Waals surface area contributed by atoms with Gasteiger partial charge in [0.05, 0.1) is 6.04 Å². The molecule has 7 nitrogen and oxygen atoms in total. The first kappa shape index (κ1) is 19.5. The number of anilines is 1. The predicted octanol–water partition coefficient (Wildman–Crippen LogP) is 2.28. The third-order valence-electron chi connectivity index (χ3n) is 4.99. The van der Waals surface area contributed by atoms with Crippen molar-refractivity contribution < 1.29 is 14.4 Å². The molecule has 1 aromatic carbocycles. The van der Waals surface area contributed by atoms with Gasteiger partial charge in [-0.2, -0.15) is 0 Å². The zero-order valence-electron chi connectivity index (χ0n) is 15.7. The summed E-state index contributed by atoms with van der Waals surface area (Å²) >= 11 is 5.97. The quantitative estimate of drug-likeness (QED) is 0.734. The van der Waals surface area contributed by atoms with E-state index >= 15 is 0 Å². The molecule has 27 heavy (non-hydrogen) atoms. The van der Waals surface area contributed by atoms with Gasteiger partial charge in [0.1, 0.15) is 12.1 Å². The number of benzene rings is 1. The molecule has 1 aromatic rings. The van der Waals surface area contributed by atoms with Crippen LogP contribution in [-0.2, 0) is 9.59 Å². The minimum absolute atomic E-state index is 0.0660. The van der Waals surface area contributed by atoms with E-state index in [1.54, 1.807) is 17.0 Å². The molecule has 3 rings (SSSR count). The Morgan fingerprint density at radius 2 is 2.11 bits per heavy atom. The standard InChI is InChI=1S/C19H25ClN4O3/c1-10(2)6-15-18(26)24-9-13(8-16(24)17(25)22-15)21-19(27)23-14-7-12(20)5-4-11(14)3/h4-5,7,10,13,15-16H,6,8-9H2,1-3H3,(H,22,25)(H2,21,23,27)/t13-,15+,16-/m0/s1. The summed E-state index contributed by atoms with van der Waals surface area (Å²) in [6.07, 6.45) is 1.02. The summed E-state index contributed by atoms with van der Waals surface area (Å²) in [7, 11) is 0. The average molecular weight is 393 g/mol. The molecular formula is C19H25ClN4O3. The zero-order valence-corrected chi connectivity index (χ0v) is 16.5. The smallest absolute Gasteiger partial charge is 0.319 e. The number of halogens is 1. The molecule has 0 bridgehead atoms. The molecule has 2 saturated heterocycles. The highest BCUT2D eigenvalue weighted by molar-refractivity contribution is 6.31. The van der Waals surface area contributed by atoms with Crippen molar-refractivity contribution in [2.24, 2.45) is 5.92 Å². The number of carbonyl (C=O) groups excluding carboxylic acids is 3. The van der Waals surface area contributed by atoms with Crippen molar-refractivity contribution in [1.29, 1.82) is 0 Å². The summed E-state index contributed by atoms with van der Waals surface area (Å²) < 4.78 is 0. The highest BCUT2D eigenvalue weighted by Gasteiger charge is 2.46. The number of hydrogen-bond donors (Lipinski definition) is 3. The van der Waals surface area contributed by atoms with Gasteiger partial charge >= 0.3 is 6.03 Å². The molecular weight excluding hydrogens is 368 g/mol. The number of carbonyl (C=O) groups is 3. The monoisotopic (exact) mass is 392 g/mol. The molecule has 8 heteroatoms. The molecule has 0 saturated carbocycles. The summed E-state index contributed by atoms with van der Waals surface area (Å²) in [5.41, 5.74) is 1.52. The van der Waals surface area contributed by atoms with Gasteiger partial charge in [0.2, 0.25) is 11.8 Å². The lowest BCUT2D eigenvalue weighted by Crippen LogP contribution is -2.61. The number of piperazine rings is 1. The summed E-state index contributed by atoms with van der Waals surface area (Å²) in [5, 5.41) is 9.00. The topological polar surface area (TPSA) is 90.5 Å². The second-order valence-electron chi connectivity index (χ2n) is 7.69. The van der Waals surface area contributed by atoms with Gasteiger partial charge in [-0.3, -0.25) is 9.59 Å². The number of nitrogens with zero attached hydrogens (tertiary/aromatic N) is 1. The maximum Gasteiger partial charge on any atom is 0.319 e. The highest BCUT2D eigenvalue weighted by atomic mass is 35.5. The number of rotatable bonds is 4. The van der Waals surface area contributed by atoms with Crippen LogP contribution >= 0.6 is 11.6 Å². The van der Waals surface area contributed by atoms with E-state index in [1.807, 2.05) is 26.8 Å². The van der Waals surface area contributed by atoms with E-state index in [1.165, 1.54) is 0 Å². The molecule has 146 valence electrons. The second kappa shape index (κ2) is 7.76. The van der Waals surface area contributed by atoms with Gasteiger partial charge in [0.15, 0.2) is 0 Å². The number of amides is 4. The van der Waals surface area contributed by atoms with Crippen molar-refractivity contribution in [3.05, 3.63) is 28.8 Å². The van der Waals surface area contributed by atoms with Gasteiger partial charge in [0.25, 0.3) is 0 Å².